The third-order valence-corrected chi connectivity index (χ3v) is 5.46. The first-order chi connectivity index (χ1) is 10.3. The summed E-state index contributed by atoms with van der Waals surface area (Å²) in [7, 11) is 4.04. The third kappa shape index (κ3) is 1.96. The molecule has 2 unspecified atom stereocenters. The van der Waals surface area contributed by atoms with Gasteiger partial charge in [-0.1, -0.05) is 72.4 Å². The maximum absolute atomic E-state index is 4.04. The molecule has 0 fully saturated rings. The molecule has 21 heavy (non-hydrogen) atoms. The second-order valence-electron chi connectivity index (χ2n) is 6.03. The fourth-order valence-electron chi connectivity index (χ4n) is 3.72. The van der Waals surface area contributed by atoms with E-state index in [4.69, 9.17) is 0 Å². The van der Waals surface area contributed by atoms with E-state index in [0.29, 0.717) is 17.4 Å². The number of rotatable bonds is 2. The van der Waals surface area contributed by atoms with Gasteiger partial charge in [0.25, 0.3) is 0 Å². The molecule has 0 spiro atoms. The van der Waals surface area contributed by atoms with Gasteiger partial charge in [-0.05, 0) is 40.3 Å². The lowest BCUT2D eigenvalue weighted by atomic mass is 9.84. The normalized spacial score (nSPS) is 21.8. The molecular formula is C20H17Si. The van der Waals surface area contributed by atoms with Crippen LogP contribution in [-0.2, 0) is 0 Å². The van der Waals surface area contributed by atoms with Crippen LogP contribution in [0.5, 0.6) is 0 Å². The second kappa shape index (κ2) is 4.85. The third-order valence-electron chi connectivity index (χ3n) is 4.74. The molecule has 3 radical (unpaired) electrons. The van der Waals surface area contributed by atoms with Crippen LogP contribution >= 0.6 is 0 Å². The van der Waals surface area contributed by atoms with Gasteiger partial charge in [0.05, 0.1) is 0 Å². The Bertz CT molecular complexity index is 783. The van der Waals surface area contributed by atoms with Crippen LogP contribution in [0.25, 0.3) is 16.8 Å². The number of hydrogen-bond donors (Lipinski definition) is 0. The molecule has 2 aliphatic carbocycles. The zero-order valence-electron chi connectivity index (χ0n) is 12.1. The van der Waals surface area contributed by atoms with E-state index in [9.17, 15) is 0 Å². The van der Waals surface area contributed by atoms with E-state index < -0.39 is 0 Å². The summed E-state index contributed by atoms with van der Waals surface area (Å²) in [5.74, 6) is 0.917. The van der Waals surface area contributed by atoms with Crippen molar-refractivity contribution in [3.63, 3.8) is 0 Å². The van der Waals surface area contributed by atoms with Gasteiger partial charge in [0.15, 0.2) is 0 Å². The Labute approximate surface area is 129 Å². The topological polar surface area (TPSA) is 0 Å². The fourth-order valence-corrected chi connectivity index (χ4v) is 4.37. The molecule has 4 rings (SSSR count). The first-order valence-corrected chi connectivity index (χ1v) is 8.09. The lowest BCUT2D eigenvalue weighted by Crippen LogP contribution is -2.14. The van der Waals surface area contributed by atoms with Gasteiger partial charge < -0.3 is 0 Å². The minimum absolute atomic E-state index is 0.406. The highest BCUT2D eigenvalue weighted by molar-refractivity contribution is 6.14. The lowest BCUT2D eigenvalue weighted by Gasteiger charge is -2.27. The van der Waals surface area contributed by atoms with Gasteiger partial charge in [0, 0.05) is 16.2 Å². The molecule has 1 heteroatoms. The molecule has 0 nitrogen and oxygen atoms in total. The van der Waals surface area contributed by atoms with Gasteiger partial charge in [-0.3, -0.25) is 0 Å². The summed E-state index contributed by atoms with van der Waals surface area (Å²) < 4.78 is 0. The molecule has 2 aromatic carbocycles. The zero-order valence-corrected chi connectivity index (χ0v) is 13.1. The molecule has 0 aliphatic heterocycles. The van der Waals surface area contributed by atoms with Crippen LogP contribution in [0.2, 0.25) is 5.54 Å². The van der Waals surface area contributed by atoms with Crippen LogP contribution in [0, 0.1) is 5.92 Å². The van der Waals surface area contributed by atoms with Crippen molar-refractivity contribution in [2.75, 3.05) is 0 Å². The predicted molar refractivity (Wildman–Crippen MR) is 91.6 cm³/mol. The summed E-state index contributed by atoms with van der Waals surface area (Å²) >= 11 is 0. The van der Waals surface area contributed by atoms with Crippen molar-refractivity contribution in [3.05, 3.63) is 77.4 Å². The van der Waals surface area contributed by atoms with E-state index in [-0.39, 0.29) is 0 Å². The Morgan fingerprint density at radius 2 is 1.76 bits per heavy atom. The van der Waals surface area contributed by atoms with Crippen LogP contribution in [-0.4, -0.2) is 10.2 Å². The van der Waals surface area contributed by atoms with E-state index in [1.807, 2.05) is 0 Å². The van der Waals surface area contributed by atoms with Crippen molar-refractivity contribution in [2.45, 2.75) is 18.4 Å². The van der Waals surface area contributed by atoms with E-state index in [2.05, 4.69) is 83.9 Å². The van der Waals surface area contributed by atoms with Crippen molar-refractivity contribution in [1.82, 2.24) is 0 Å². The zero-order chi connectivity index (χ0) is 14.4. The Morgan fingerprint density at radius 3 is 2.57 bits per heavy atom. The molecular weight excluding hydrogens is 268 g/mol. The Balaban J connectivity index is 1.88. The predicted octanol–water partition coefficient (Wildman–Crippen LogP) is 5.04. The summed E-state index contributed by atoms with van der Waals surface area (Å²) in [6.45, 7) is 2.26. The summed E-state index contributed by atoms with van der Waals surface area (Å²) in [4.78, 5) is 0. The second-order valence-corrected chi connectivity index (χ2v) is 6.70. The summed E-state index contributed by atoms with van der Waals surface area (Å²) in [5.41, 5.74) is 4.73. The molecule has 0 saturated heterocycles. The fraction of sp³-hybridized carbons (Fsp3) is 0.200. The minimum Gasteiger partial charge on any atom is -0.0776 e. The van der Waals surface area contributed by atoms with Crippen molar-refractivity contribution in [3.8, 4) is 0 Å². The van der Waals surface area contributed by atoms with Crippen LogP contribution in [0.4, 0.5) is 0 Å². The van der Waals surface area contributed by atoms with Crippen molar-refractivity contribution >= 4 is 27.1 Å². The average molecular weight is 285 g/mol. The minimum atomic E-state index is 0.406. The Kier molecular flexibility index (Phi) is 2.97. The van der Waals surface area contributed by atoms with Gasteiger partial charge in [0.2, 0.25) is 0 Å². The lowest BCUT2D eigenvalue weighted by molar-refractivity contribution is 0.641. The molecule has 2 atom stereocenters. The molecule has 2 aliphatic rings. The maximum atomic E-state index is 4.04. The van der Waals surface area contributed by atoms with Crippen LogP contribution in [0.1, 0.15) is 24.0 Å². The summed E-state index contributed by atoms with van der Waals surface area (Å²) in [6.07, 6.45) is 11.2. The van der Waals surface area contributed by atoms with Gasteiger partial charge >= 0.3 is 0 Å². The number of hydrogen-bond acceptors (Lipinski definition) is 0. The summed E-state index contributed by atoms with van der Waals surface area (Å²) in [5, 5.41) is 2.73. The van der Waals surface area contributed by atoms with Gasteiger partial charge in [-0.25, -0.2) is 0 Å². The molecule has 2 aromatic rings. The van der Waals surface area contributed by atoms with E-state index >= 15 is 0 Å². The Morgan fingerprint density at radius 1 is 1.00 bits per heavy atom. The SMILES string of the molecule is CC1=Cc2ccc3ccccc3c2C1C([Si])C1C=CC=C1. The first-order valence-electron chi connectivity index (χ1n) is 7.51. The van der Waals surface area contributed by atoms with Crippen LogP contribution < -0.4 is 0 Å². The van der Waals surface area contributed by atoms with E-state index in [0.717, 1.165) is 0 Å². The molecule has 0 amide bonds. The molecule has 0 heterocycles. The van der Waals surface area contributed by atoms with Gasteiger partial charge in [0.1, 0.15) is 0 Å². The van der Waals surface area contributed by atoms with Gasteiger partial charge in [-0.2, -0.15) is 0 Å². The van der Waals surface area contributed by atoms with Crippen LogP contribution in [0.15, 0.2) is 66.3 Å². The highest BCUT2D eigenvalue weighted by Gasteiger charge is 2.32. The van der Waals surface area contributed by atoms with Crippen LogP contribution in [0.3, 0.4) is 0 Å². The quantitative estimate of drug-likeness (QED) is 0.678. The molecule has 0 aromatic heterocycles. The van der Waals surface area contributed by atoms with Crippen molar-refractivity contribution in [2.24, 2.45) is 5.92 Å². The highest BCUT2D eigenvalue weighted by Crippen LogP contribution is 2.49. The number of benzene rings is 2. The maximum Gasteiger partial charge on any atom is 0.0291 e. The largest absolute Gasteiger partial charge is 0.0776 e. The number of fused-ring (bicyclic) bond motifs is 3. The molecule has 101 valence electrons. The van der Waals surface area contributed by atoms with Crippen molar-refractivity contribution in [1.29, 1.82) is 0 Å². The highest BCUT2D eigenvalue weighted by atomic mass is 28.1. The molecule has 0 N–H and O–H groups in total. The van der Waals surface area contributed by atoms with Crippen molar-refractivity contribution < 1.29 is 0 Å². The summed E-state index contributed by atoms with van der Waals surface area (Å²) in [6, 6.07) is 13.2. The van der Waals surface area contributed by atoms with E-state index in [1.165, 1.54) is 27.5 Å². The average Bonchev–Trinajstić information content (AvgIpc) is 3.13. The smallest absolute Gasteiger partial charge is 0.0291 e. The Hall–Kier alpha value is -1.86. The molecule has 0 bridgehead atoms. The first kappa shape index (κ1) is 12.8. The standard InChI is InChI=1S/C20H17Si/c1-13-12-16-11-10-14-6-4-5-9-17(14)19(16)18(13)20(21)15-7-2-3-8-15/h2-12,15,18,20H,1H3. The van der Waals surface area contributed by atoms with Gasteiger partial charge in [-0.15, -0.1) is 0 Å². The van der Waals surface area contributed by atoms with E-state index in [1.54, 1.807) is 0 Å². The number of allylic oxidation sites excluding steroid dienone is 5. The molecule has 0 saturated carbocycles. The monoisotopic (exact) mass is 285 g/mol.